The van der Waals surface area contributed by atoms with E-state index in [1.165, 1.54) is 6.07 Å². The number of ether oxygens (including phenoxy) is 1. The molecule has 0 fully saturated rings. The zero-order chi connectivity index (χ0) is 14.4. The van der Waals surface area contributed by atoms with Gasteiger partial charge in [0.05, 0.1) is 6.61 Å². The average molecular weight is 273 g/mol. The first-order chi connectivity index (χ1) is 9.74. The Morgan fingerprint density at radius 2 is 2.05 bits per heavy atom. The lowest BCUT2D eigenvalue weighted by Gasteiger charge is -2.09. The lowest BCUT2D eigenvalue weighted by Crippen LogP contribution is -2.17. The van der Waals surface area contributed by atoms with E-state index in [0.717, 1.165) is 5.56 Å². The molecule has 0 radical (unpaired) electrons. The summed E-state index contributed by atoms with van der Waals surface area (Å²) >= 11 is 0. The first kappa shape index (κ1) is 13.9. The molecule has 7 nitrogen and oxygen atoms in total. The SMILES string of the molecule is COCc1ccccc1NC(=O)c1ccc(NN)nn1. The molecule has 0 saturated heterocycles. The maximum absolute atomic E-state index is 12.1. The van der Waals surface area contributed by atoms with Crippen molar-refractivity contribution < 1.29 is 9.53 Å². The van der Waals surface area contributed by atoms with Crippen molar-refractivity contribution in [3.63, 3.8) is 0 Å². The van der Waals surface area contributed by atoms with E-state index in [0.29, 0.717) is 18.1 Å². The maximum Gasteiger partial charge on any atom is 0.276 e. The van der Waals surface area contributed by atoms with Crippen LogP contribution in [0.4, 0.5) is 11.5 Å². The molecule has 0 saturated carbocycles. The van der Waals surface area contributed by atoms with Gasteiger partial charge in [0.25, 0.3) is 5.91 Å². The molecule has 0 aliphatic rings. The van der Waals surface area contributed by atoms with Crippen LogP contribution in [0, 0.1) is 0 Å². The number of hydrogen-bond donors (Lipinski definition) is 3. The molecule has 0 aliphatic carbocycles. The summed E-state index contributed by atoms with van der Waals surface area (Å²) in [7, 11) is 1.60. The minimum Gasteiger partial charge on any atom is -0.380 e. The van der Waals surface area contributed by atoms with Gasteiger partial charge in [0.15, 0.2) is 11.5 Å². The second-order valence-electron chi connectivity index (χ2n) is 3.99. The van der Waals surface area contributed by atoms with E-state index in [1.54, 1.807) is 19.2 Å². The number of nitrogens with one attached hydrogen (secondary N) is 2. The van der Waals surface area contributed by atoms with Crippen LogP contribution >= 0.6 is 0 Å². The Hall–Kier alpha value is -2.51. The van der Waals surface area contributed by atoms with Gasteiger partial charge in [0, 0.05) is 18.4 Å². The maximum atomic E-state index is 12.1. The Bertz CT molecular complexity index is 586. The Morgan fingerprint density at radius 3 is 2.70 bits per heavy atom. The van der Waals surface area contributed by atoms with Crippen LogP contribution in [-0.4, -0.2) is 23.2 Å². The third kappa shape index (κ3) is 3.28. The summed E-state index contributed by atoms with van der Waals surface area (Å²) in [6.07, 6.45) is 0. The van der Waals surface area contributed by atoms with Crippen LogP contribution in [0.2, 0.25) is 0 Å². The molecule has 0 bridgehead atoms. The van der Waals surface area contributed by atoms with Crippen LogP contribution in [0.3, 0.4) is 0 Å². The number of carbonyl (C=O) groups excluding carboxylic acids is 1. The number of hydrogen-bond acceptors (Lipinski definition) is 6. The van der Waals surface area contributed by atoms with Gasteiger partial charge in [0.1, 0.15) is 0 Å². The molecule has 0 spiro atoms. The summed E-state index contributed by atoms with van der Waals surface area (Å²) in [5.74, 6) is 5.23. The number of carbonyl (C=O) groups is 1. The molecule has 2 aromatic rings. The highest BCUT2D eigenvalue weighted by molar-refractivity contribution is 6.03. The van der Waals surface area contributed by atoms with Gasteiger partial charge in [-0.3, -0.25) is 4.79 Å². The number of para-hydroxylation sites is 1. The smallest absolute Gasteiger partial charge is 0.276 e. The van der Waals surface area contributed by atoms with Gasteiger partial charge in [-0.1, -0.05) is 18.2 Å². The molecule has 104 valence electrons. The molecule has 1 amide bonds. The van der Waals surface area contributed by atoms with E-state index in [2.05, 4.69) is 20.9 Å². The van der Waals surface area contributed by atoms with Crippen LogP contribution in [0.25, 0.3) is 0 Å². The van der Waals surface area contributed by atoms with Gasteiger partial charge >= 0.3 is 0 Å². The molecule has 0 unspecified atom stereocenters. The van der Waals surface area contributed by atoms with Crippen molar-refractivity contribution in [3.8, 4) is 0 Å². The molecule has 1 aromatic heterocycles. The highest BCUT2D eigenvalue weighted by atomic mass is 16.5. The summed E-state index contributed by atoms with van der Waals surface area (Å²) < 4.78 is 5.08. The Balaban J connectivity index is 2.14. The first-order valence-corrected chi connectivity index (χ1v) is 5.93. The molecule has 4 N–H and O–H groups in total. The monoisotopic (exact) mass is 273 g/mol. The third-order valence-corrected chi connectivity index (χ3v) is 2.61. The fourth-order valence-corrected chi connectivity index (χ4v) is 1.64. The zero-order valence-electron chi connectivity index (χ0n) is 11.0. The average Bonchev–Trinajstić information content (AvgIpc) is 2.49. The van der Waals surface area contributed by atoms with E-state index in [-0.39, 0.29) is 11.6 Å². The van der Waals surface area contributed by atoms with Crippen molar-refractivity contribution in [2.45, 2.75) is 6.61 Å². The predicted molar refractivity (Wildman–Crippen MR) is 75.0 cm³/mol. The number of hydrazine groups is 1. The van der Waals surface area contributed by atoms with Crippen molar-refractivity contribution in [2.24, 2.45) is 5.84 Å². The summed E-state index contributed by atoms with van der Waals surface area (Å²) in [6, 6.07) is 10.5. The molecule has 0 atom stereocenters. The van der Waals surface area contributed by atoms with Gasteiger partial charge in [-0.2, -0.15) is 0 Å². The first-order valence-electron chi connectivity index (χ1n) is 5.93. The fraction of sp³-hybridized carbons (Fsp3) is 0.154. The number of methoxy groups -OCH3 is 1. The van der Waals surface area contributed by atoms with E-state index in [4.69, 9.17) is 10.6 Å². The topological polar surface area (TPSA) is 102 Å². The van der Waals surface area contributed by atoms with Crippen LogP contribution in [-0.2, 0) is 11.3 Å². The van der Waals surface area contributed by atoms with Crippen LogP contribution in [0.5, 0.6) is 0 Å². The minimum atomic E-state index is -0.343. The fourth-order valence-electron chi connectivity index (χ4n) is 1.64. The van der Waals surface area contributed by atoms with Crippen molar-refractivity contribution in [1.29, 1.82) is 0 Å². The van der Waals surface area contributed by atoms with Gasteiger partial charge in [0.2, 0.25) is 0 Å². The molecule has 1 heterocycles. The standard InChI is InChI=1S/C13H15N5O2/c1-20-8-9-4-2-3-5-10(9)15-13(19)11-6-7-12(16-14)18-17-11/h2-7H,8,14H2,1H3,(H,15,19)(H,16,18). The molecular weight excluding hydrogens is 258 g/mol. The normalized spacial score (nSPS) is 10.1. The Kier molecular flexibility index (Phi) is 4.59. The largest absolute Gasteiger partial charge is 0.380 e. The van der Waals surface area contributed by atoms with Crippen molar-refractivity contribution in [2.75, 3.05) is 17.9 Å². The number of nitrogens with two attached hydrogens (primary N) is 1. The summed E-state index contributed by atoms with van der Waals surface area (Å²) in [4.78, 5) is 12.1. The summed E-state index contributed by atoms with van der Waals surface area (Å²) in [5.41, 5.74) is 4.12. The lowest BCUT2D eigenvalue weighted by molar-refractivity contribution is 0.102. The quantitative estimate of drug-likeness (QED) is 0.558. The van der Waals surface area contributed by atoms with Crippen LogP contribution < -0.4 is 16.6 Å². The van der Waals surface area contributed by atoms with Crippen molar-refractivity contribution >= 4 is 17.4 Å². The molecule has 20 heavy (non-hydrogen) atoms. The van der Waals surface area contributed by atoms with E-state index in [9.17, 15) is 4.79 Å². The van der Waals surface area contributed by atoms with Gasteiger partial charge in [-0.25, -0.2) is 5.84 Å². The number of benzene rings is 1. The summed E-state index contributed by atoms with van der Waals surface area (Å²) in [6.45, 7) is 0.415. The predicted octanol–water partition coefficient (Wildman–Crippen LogP) is 1.16. The number of nitrogen functional groups attached to an aromatic ring is 1. The molecular formula is C13H15N5O2. The Labute approximate surface area is 116 Å². The van der Waals surface area contributed by atoms with Crippen LogP contribution in [0.1, 0.15) is 16.1 Å². The molecule has 0 aliphatic heterocycles. The van der Waals surface area contributed by atoms with E-state index < -0.39 is 0 Å². The number of anilines is 2. The van der Waals surface area contributed by atoms with Gasteiger partial charge in [-0.15, -0.1) is 10.2 Å². The molecule has 7 heteroatoms. The van der Waals surface area contributed by atoms with Crippen molar-refractivity contribution in [1.82, 2.24) is 10.2 Å². The number of rotatable bonds is 5. The minimum absolute atomic E-state index is 0.205. The van der Waals surface area contributed by atoms with Gasteiger partial charge < -0.3 is 15.5 Å². The number of nitrogens with zero attached hydrogens (tertiary/aromatic N) is 2. The number of amides is 1. The van der Waals surface area contributed by atoms with E-state index in [1.807, 2.05) is 18.2 Å². The third-order valence-electron chi connectivity index (χ3n) is 2.61. The second-order valence-corrected chi connectivity index (χ2v) is 3.99. The van der Waals surface area contributed by atoms with Crippen LogP contribution in [0.15, 0.2) is 36.4 Å². The Morgan fingerprint density at radius 1 is 1.25 bits per heavy atom. The van der Waals surface area contributed by atoms with Crippen molar-refractivity contribution in [3.05, 3.63) is 47.7 Å². The molecule has 1 aromatic carbocycles. The highest BCUT2D eigenvalue weighted by Gasteiger charge is 2.10. The summed E-state index contributed by atoms with van der Waals surface area (Å²) in [5, 5.41) is 10.3. The zero-order valence-corrected chi connectivity index (χ0v) is 11.0. The molecule has 2 rings (SSSR count). The lowest BCUT2D eigenvalue weighted by atomic mass is 10.2. The highest BCUT2D eigenvalue weighted by Crippen LogP contribution is 2.16. The van der Waals surface area contributed by atoms with E-state index >= 15 is 0 Å². The van der Waals surface area contributed by atoms with Gasteiger partial charge in [-0.05, 0) is 18.2 Å². The second kappa shape index (κ2) is 6.60. The number of aromatic nitrogens is 2.